The molecule has 24 heavy (non-hydrogen) atoms. The summed E-state index contributed by atoms with van der Waals surface area (Å²) >= 11 is 5.88. The van der Waals surface area contributed by atoms with Crippen molar-refractivity contribution in [2.45, 2.75) is 26.7 Å². The molecule has 0 aliphatic carbocycles. The summed E-state index contributed by atoms with van der Waals surface area (Å²) in [5.41, 5.74) is 0.796. The quantitative estimate of drug-likeness (QED) is 0.689. The van der Waals surface area contributed by atoms with E-state index in [-0.39, 0.29) is 24.2 Å². The van der Waals surface area contributed by atoms with Gasteiger partial charge in [-0.1, -0.05) is 11.6 Å². The number of anilines is 1. The second kappa shape index (κ2) is 9.04. The lowest BCUT2D eigenvalue weighted by Gasteiger charge is -2.17. The minimum Gasteiger partial charge on any atom is -0.356 e. The molecule has 0 radical (unpaired) electrons. The van der Waals surface area contributed by atoms with Gasteiger partial charge in [0, 0.05) is 36.6 Å². The van der Waals surface area contributed by atoms with Gasteiger partial charge in [0.25, 0.3) is 0 Å². The molecule has 6 heteroatoms. The second-order valence-electron chi connectivity index (χ2n) is 6.23. The second-order valence-corrected chi connectivity index (χ2v) is 6.67. The molecule has 0 bridgehead atoms. The number of nitrogens with zero attached hydrogens (tertiary/aromatic N) is 1. The van der Waals surface area contributed by atoms with Gasteiger partial charge < -0.3 is 15.1 Å². The van der Waals surface area contributed by atoms with Crippen LogP contribution in [-0.2, 0) is 9.59 Å². The maximum absolute atomic E-state index is 12.3. The molecule has 2 amide bonds. The molecule has 1 atom stereocenters. The fourth-order valence-electron chi connectivity index (χ4n) is 3.05. The largest absolute Gasteiger partial charge is 0.356 e. The van der Waals surface area contributed by atoms with Gasteiger partial charge in [-0.05, 0) is 38.1 Å². The van der Waals surface area contributed by atoms with Crippen molar-refractivity contribution in [3.63, 3.8) is 0 Å². The lowest BCUT2D eigenvalue weighted by Crippen LogP contribution is -3.11. The van der Waals surface area contributed by atoms with Crippen molar-refractivity contribution in [3.8, 4) is 0 Å². The number of amides is 2. The summed E-state index contributed by atoms with van der Waals surface area (Å²) in [5, 5.41) is 3.61. The minimum atomic E-state index is -0.269. The molecule has 2 N–H and O–H groups in total. The Morgan fingerprint density at radius 1 is 1.29 bits per heavy atom. The number of rotatable bonds is 8. The van der Waals surface area contributed by atoms with Gasteiger partial charge >= 0.3 is 0 Å². The Labute approximate surface area is 149 Å². The van der Waals surface area contributed by atoms with Crippen LogP contribution in [0.25, 0.3) is 0 Å². The molecule has 1 aromatic carbocycles. The Morgan fingerprint density at radius 2 is 1.96 bits per heavy atom. The number of benzene rings is 1. The molecule has 1 saturated heterocycles. The maximum Gasteiger partial charge on any atom is 0.227 e. The number of hydrogen-bond acceptors (Lipinski definition) is 2. The normalized spacial score (nSPS) is 17.6. The molecule has 132 valence electrons. The van der Waals surface area contributed by atoms with Gasteiger partial charge in [0.1, 0.15) is 0 Å². The van der Waals surface area contributed by atoms with E-state index in [9.17, 15) is 9.59 Å². The first-order chi connectivity index (χ1) is 11.5. The third kappa shape index (κ3) is 4.95. The van der Waals surface area contributed by atoms with Crippen LogP contribution in [0.15, 0.2) is 24.3 Å². The standard InChI is InChI=1S/C18H26ClN3O2/c1-3-21(4-2)11-5-10-20-18(24)14-12-17(23)22(13-14)16-8-6-15(19)7-9-16/h6-9,14H,3-5,10-13H2,1-2H3,(H,20,24)/p+1/t14-/m0/s1. The molecule has 2 rings (SSSR count). The first-order valence-corrected chi connectivity index (χ1v) is 9.10. The highest BCUT2D eigenvalue weighted by Gasteiger charge is 2.34. The van der Waals surface area contributed by atoms with Crippen molar-refractivity contribution in [1.29, 1.82) is 0 Å². The van der Waals surface area contributed by atoms with Gasteiger partial charge in [0.15, 0.2) is 0 Å². The third-order valence-electron chi connectivity index (χ3n) is 4.64. The molecule has 1 fully saturated rings. The van der Waals surface area contributed by atoms with E-state index in [4.69, 9.17) is 11.6 Å². The van der Waals surface area contributed by atoms with Crippen LogP contribution in [0.3, 0.4) is 0 Å². The van der Waals surface area contributed by atoms with E-state index in [0.717, 1.165) is 31.7 Å². The highest BCUT2D eigenvalue weighted by molar-refractivity contribution is 6.30. The van der Waals surface area contributed by atoms with Gasteiger partial charge in [-0.15, -0.1) is 0 Å². The van der Waals surface area contributed by atoms with Crippen LogP contribution in [0.5, 0.6) is 0 Å². The summed E-state index contributed by atoms with van der Waals surface area (Å²) in [6.45, 7) is 8.74. The lowest BCUT2D eigenvalue weighted by molar-refractivity contribution is -0.896. The number of nitrogens with one attached hydrogen (secondary N) is 2. The zero-order chi connectivity index (χ0) is 17.5. The van der Waals surface area contributed by atoms with Gasteiger partial charge in [0.05, 0.1) is 25.6 Å². The van der Waals surface area contributed by atoms with Gasteiger partial charge in [-0.25, -0.2) is 0 Å². The number of carbonyl (C=O) groups excluding carboxylic acids is 2. The zero-order valence-corrected chi connectivity index (χ0v) is 15.2. The summed E-state index contributed by atoms with van der Waals surface area (Å²) in [7, 11) is 0. The van der Waals surface area contributed by atoms with Crippen LogP contribution >= 0.6 is 11.6 Å². The van der Waals surface area contributed by atoms with Crippen LogP contribution in [-0.4, -0.2) is 44.5 Å². The monoisotopic (exact) mass is 352 g/mol. The highest BCUT2D eigenvalue weighted by Crippen LogP contribution is 2.26. The van der Waals surface area contributed by atoms with E-state index < -0.39 is 0 Å². The summed E-state index contributed by atoms with van der Waals surface area (Å²) in [6.07, 6.45) is 1.24. The molecular weight excluding hydrogens is 326 g/mol. The van der Waals surface area contributed by atoms with Crippen LogP contribution in [0.2, 0.25) is 5.02 Å². The van der Waals surface area contributed by atoms with E-state index in [0.29, 0.717) is 18.1 Å². The molecular formula is C18H27ClN3O2+. The predicted molar refractivity (Wildman–Crippen MR) is 96.5 cm³/mol. The highest BCUT2D eigenvalue weighted by atomic mass is 35.5. The summed E-state index contributed by atoms with van der Waals surface area (Å²) < 4.78 is 0. The fourth-order valence-corrected chi connectivity index (χ4v) is 3.18. The van der Waals surface area contributed by atoms with Crippen molar-refractivity contribution in [2.24, 2.45) is 5.92 Å². The van der Waals surface area contributed by atoms with Gasteiger partial charge in [0.2, 0.25) is 11.8 Å². The molecule has 5 nitrogen and oxygen atoms in total. The number of quaternary nitrogens is 1. The fraction of sp³-hybridized carbons (Fsp3) is 0.556. The Hall–Kier alpha value is -1.59. The minimum absolute atomic E-state index is 0.00921. The molecule has 1 aliphatic rings. The smallest absolute Gasteiger partial charge is 0.227 e. The summed E-state index contributed by atoms with van der Waals surface area (Å²) in [5.74, 6) is -0.298. The third-order valence-corrected chi connectivity index (χ3v) is 4.89. The van der Waals surface area contributed by atoms with E-state index in [2.05, 4.69) is 19.2 Å². The number of carbonyl (C=O) groups is 2. The molecule has 0 saturated carbocycles. The van der Waals surface area contributed by atoms with E-state index in [1.807, 2.05) is 12.1 Å². The predicted octanol–water partition coefficient (Wildman–Crippen LogP) is 1.12. The van der Waals surface area contributed by atoms with E-state index in [1.54, 1.807) is 17.0 Å². The molecule has 0 unspecified atom stereocenters. The average Bonchev–Trinajstić information content (AvgIpc) is 2.97. The van der Waals surface area contributed by atoms with Crippen molar-refractivity contribution in [3.05, 3.63) is 29.3 Å². The van der Waals surface area contributed by atoms with E-state index in [1.165, 1.54) is 4.90 Å². The number of halogens is 1. The maximum atomic E-state index is 12.3. The van der Waals surface area contributed by atoms with Gasteiger partial charge in [-0.2, -0.15) is 0 Å². The van der Waals surface area contributed by atoms with Crippen LogP contribution in [0, 0.1) is 5.92 Å². The molecule has 1 heterocycles. The van der Waals surface area contributed by atoms with E-state index >= 15 is 0 Å². The van der Waals surface area contributed by atoms with Crippen molar-refractivity contribution >= 4 is 29.1 Å². The van der Waals surface area contributed by atoms with Crippen molar-refractivity contribution < 1.29 is 14.5 Å². The molecule has 1 aliphatic heterocycles. The van der Waals surface area contributed by atoms with Crippen molar-refractivity contribution in [2.75, 3.05) is 37.6 Å². The number of hydrogen-bond donors (Lipinski definition) is 2. The SMILES string of the molecule is CC[NH+](CC)CCCNC(=O)[C@H]1CC(=O)N(c2ccc(Cl)cc2)C1. The molecule has 0 aromatic heterocycles. The molecule has 1 aromatic rings. The Morgan fingerprint density at radius 3 is 2.58 bits per heavy atom. The first-order valence-electron chi connectivity index (χ1n) is 8.72. The Kier molecular flexibility index (Phi) is 7.06. The Balaban J connectivity index is 1.80. The van der Waals surface area contributed by atoms with Crippen LogP contribution < -0.4 is 15.1 Å². The van der Waals surface area contributed by atoms with Gasteiger partial charge in [-0.3, -0.25) is 9.59 Å². The topological polar surface area (TPSA) is 53.9 Å². The van der Waals surface area contributed by atoms with Crippen LogP contribution in [0.4, 0.5) is 5.69 Å². The Bertz CT molecular complexity index is 558. The summed E-state index contributed by atoms with van der Waals surface area (Å²) in [6, 6.07) is 7.14. The van der Waals surface area contributed by atoms with Crippen LogP contribution in [0.1, 0.15) is 26.7 Å². The first kappa shape index (κ1) is 18.7. The lowest BCUT2D eigenvalue weighted by atomic mass is 10.1. The average molecular weight is 353 g/mol. The molecule has 0 spiro atoms. The van der Waals surface area contributed by atoms with Crippen molar-refractivity contribution in [1.82, 2.24) is 5.32 Å². The summed E-state index contributed by atoms with van der Waals surface area (Å²) in [4.78, 5) is 27.7. The zero-order valence-electron chi connectivity index (χ0n) is 14.5.